The van der Waals surface area contributed by atoms with Gasteiger partial charge in [0.2, 0.25) is 0 Å². The Morgan fingerprint density at radius 1 is 1.39 bits per heavy atom. The van der Waals surface area contributed by atoms with Crippen molar-refractivity contribution in [3.63, 3.8) is 0 Å². The van der Waals surface area contributed by atoms with E-state index in [1.807, 2.05) is 13.0 Å². The van der Waals surface area contributed by atoms with E-state index >= 15 is 0 Å². The molecule has 1 aliphatic carbocycles. The highest BCUT2D eigenvalue weighted by Gasteiger charge is 2.28. The van der Waals surface area contributed by atoms with E-state index in [0.717, 1.165) is 18.1 Å². The molecule has 1 fully saturated rings. The molecule has 5 heteroatoms. The van der Waals surface area contributed by atoms with Gasteiger partial charge in [-0.3, -0.25) is 0 Å². The Balaban J connectivity index is 1.83. The van der Waals surface area contributed by atoms with Crippen molar-refractivity contribution in [1.29, 1.82) is 0 Å². The number of hydrogen-bond donors (Lipinski definition) is 1. The summed E-state index contributed by atoms with van der Waals surface area (Å²) in [7, 11) is 0. The summed E-state index contributed by atoms with van der Waals surface area (Å²) in [4.78, 5) is 8.48. The average molecular weight is 245 g/mol. The number of nitrogens with zero attached hydrogens (tertiary/aromatic N) is 4. The summed E-state index contributed by atoms with van der Waals surface area (Å²) in [5.74, 6) is 1.65. The van der Waals surface area contributed by atoms with Gasteiger partial charge in [0.1, 0.15) is 12.1 Å². The zero-order valence-corrected chi connectivity index (χ0v) is 11.0. The number of fused-ring (bicyclic) bond motifs is 1. The van der Waals surface area contributed by atoms with Crippen LogP contribution in [-0.2, 0) is 0 Å². The van der Waals surface area contributed by atoms with E-state index in [2.05, 4.69) is 27.3 Å². The molecule has 0 aliphatic heterocycles. The van der Waals surface area contributed by atoms with Gasteiger partial charge in [-0.15, -0.1) is 0 Å². The molecular weight excluding hydrogens is 226 g/mol. The van der Waals surface area contributed by atoms with Crippen LogP contribution in [-0.4, -0.2) is 26.1 Å². The molecule has 18 heavy (non-hydrogen) atoms. The zero-order valence-electron chi connectivity index (χ0n) is 11.0. The molecule has 2 heterocycles. The minimum absolute atomic E-state index is 0.421. The summed E-state index contributed by atoms with van der Waals surface area (Å²) in [5.41, 5.74) is 1.39. The Bertz CT molecular complexity index is 554. The fraction of sp³-hybridized carbons (Fsp3) is 0.615. The normalized spacial score (nSPS) is 18.3. The molecule has 1 N–H and O–H groups in total. The molecule has 0 unspecified atom stereocenters. The van der Waals surface area contributed by atoms with Crippen LogP contribution in [0.1, 0.15) is 38.3 Å². The first kappa shape index (κ1) is 11.4. The van der Waals surface area contributed by atoms with Crippen molar-refractivity contribution in [2.45, 2.75) is 39.5 Å². The molecule has 0 radical (unpaired) electrons. The van der Waals surface area contributed by atoms with Crippen LogP contribution in [0.3, 0.4) is 0 Å². The second-order valence-electron chi connectivity index (χ2n) is 5.63. The van der Waals surface area contributed by atoms with Crippen LogP contribution in [0.25, 0.3) is 5.78 Å². The lowest BCUT2D eigenvalue weighted by molar-refractivity contribution is 0.361. The van der Waals surface area contributed by atoms with Crippen molar-refractivity contribution in [1.82, 2.24) is 19.6 Å². The lowest BCUT2D eigenvalue weighted by atomic mass is 9.89. The van der Waals surface area contributed by atoms with Crippen LogP contribution in [0.5, 0.6) is 0 Å². The predicted octanol–water partition coefficient (Wildman–Crippen LogP) is 2.42. The highest BCUT2D eigenvalue weighted by atomic mass is 15.3. The molecule has 0 spiro atoms. The maximum Gasteiger partial charge on any atom is 0.254 e. The maximum absolute atomic E-state index is 4.34. The lowest BCUT2D eigenvalue weighted by Crippen LogP contribution is -2.24. The van der Waals surface area contributed by atoms with Crippen molar-refractivity contribution in [3.05, 3.63) is 18.1 Å². The average Bonchev–Trinajstić information content (AvgIpc) is 2.95. The molecule has 1 saturated carbocycles. The van der Waals surface area contributed by atoms with Gasteiger partial charge in [-0.05, 0) is 25.2 Å². The van der Waals surface area contributed by atoms with Gasteiger partial charge in [0, 0.05) is 18.3 Å². The SMILES string of the molecule is Cc1cc(NCC2(C)CCCC2)n2ncnc2n1. The molecule has 5 nitrogen and oxygen atoms in total. The zero-order chi connectivity index (χ0) is 12.6. The second kappa shape index (κ2) is 4.23. The first-order valence-corrected chi connectivity index (χ1v) is 6.58. The third-order valence-corrected chi connectivity index (χ3v) is 3.89. The van der Waals surface area contributed by atoms with Crippen LogP contribution in [0, 0.1) is 12.3 Å². The highest BCUT2D eigenvalue weighted by Crippen LogP contribution is 2.37. The van der Waals surface area contributed by atoms with Crippen LogP contribution >= 0.6 is 0 Å². The standard InChI is InChI=1S/C13H19N5/c1-10-7-11(18-12(17-10)15-9-16-18)14-8-13(2)5-3-4-6-13/h7,9,14H,3-6,8H2,1-2H3. The van der Waals surface area contributed by atoms with Gasteiger partial charge in [0.25, 0.3) is 5.78 Å². The molecule has 1 aliphatic rings. The lowest BCUT2D eigenvalue weighted by Gasteiger charge is -2.24. The van der Waals surface area contributed by atoms with Crippen molar-refractivity contribution in [3.8, 4) is 0 Å². The minimum atomic E-state index is 0.421. The molecule has 2 aromatic heterocycles. The van der Waals surface area contributed by atoms with Gasteiger partial charge in [0.05, 0.1) is 0 Å². The van der Waals surface area contributed by atoms with Crippen LogP contribution in [0.2, 0.25) is 0 Å². The summed E-state index contributed by atoms with van der Waals surface area (Å²) < 4.78 is 1.77. The quantitative estimate of drug-likeness (QED) is 0.902. The number of nitrogens with one attached hydrogen (secondary N) is 1. The van der Waals surface area contributed by atoms with Gasteiger partial charge in [-0.1, -0.05) is 19.8 Å². The van der Waals surface area contributed by atoms with Gasteiger partial charge in [0.15, 0.2) is 0 Å². The Morgan fingerprint density at radius 2 is 2.17 bits per heavy atom. The van der Waals surface area contributed by atoms with Gasteiger partial charge in [-0.25, -0.2) is 4.98 Å². The molecule has 96 valence electrons. The summed E-state index contributed by atoms with van der Waals surface area (Å²) in [6.45, 7) is 5.34. The third-order valence-electron chi connectivity index (χ3n) is 3.89. The van der Waals surface area contributed by atoms with E-state index in [9.17, 15) is 0 Å². The molecule has 0 aromatic carbocycles. The van der Waals surface area contributed by atoms with Gasteiger partial charge in [-0.2, -0.15) is 14.6 Å². The molecule has 0 bridgehead atoms. The highest BCUT2D eigenvalue weighted by molar-refractivity contribution is 5.44. The van der Waals surface area contributed by atoms with E-state index in [1.165, 1.54) is 25.7 Å². The van der Waals surface area contributed by atoms with Gasteiger partial charge < -0.3 is 5.32 Å². The minimum Gasteiger partial charge on any atom is -0.369 e. The number of aromatic nitrogens is 4. The molecular formula is C13H19N5. The summed E-state index contributed by atoms with van der Waals surface area (Å²) in [6.07, 6.45) is 6.87. The predicted molar refractivity (Wildman–Crippen MR) is 70.6 cm³/mol. The van der Waals surface area contributed by atoms with E-state index in [-0.39, 0.29) is 0 Å². The van der Waals surface area contributed by atoms with Crippen LogP contribution < -0.4 is 5.32 Å². The van der Waals surface area contributed by atoms with E-state index < -0.39 is 0 Å². The molecule has 0 atom stereocenters. The topological polar surface area (TPSA) is 55.1 Å². The van der Waals surface area contributed by atoms with E-state index in [1.54, 1.807) is 10.8 Å². The summed E-state index contributed by atoms with van der Waals surface area (Å²) >= 11 is 0. The smallest absolute Gasteiger partial charge is 0.254 e. The monoisotopic (exact) mass is 245 g/mol. The fourth-order valence-corrected chi connectivity index (χ4v) is 2.77. The van der Waals surface area contributed by atoms with Crippen molar-refractivity contribution < 1.29 is 0 Å². The molecule has 0 saturated heterocycles. The van der Waals surface area contributed by atoms with Crippen LogP contribution in [0.4, 0.5) is 5.82 Å². The summed E-state index contributed by atoms with van der Waals surface area (Å²) in [6, 6.07) is 2.03. The molecule has 3 rings (SSSR count). The maximum atomic E-state index is 4.34. The fourth-order valence-electron chi connectivity index (χ4n) is 2.77. The molecule has 0 amide bonds. The van der Waals surface area contributed by atoms with E-state index in [0.29, 0.717) is 11.2 Å². The van der Waals surface area contributed by atoms with Crippen molar-refractivity contribution in [2.24, 2.45) is 5.41 Å². The number of aryl methyl sites for hydroxylation is 1. The Hall–Kier alpha value is -1.65. The second-order valence-corrected chi connectivity index (χ2v) is 5.63. The largest absolute Gasteiger partial charge is 0.369 e. The number of anilines is 1. The number of rotatable bonds is 3. The van der Waals surface area contributed by atoms with Crippen molar-refractivity contribution in [2.75, 3.05) is 11.9 Å². The molecule has 2 aromatic rings. The van der Waals surface area contributed by atoms with E-state index in [4.69, 9.17) is 0 Å². The van der Waals surface area contributed by atoms with Crippen molar-refractivity contribution >= 4 is 11.6 Å². The Kier molecular flexibility index (Phi) is 2.69. The first-order chi connectivity index (χ1) is 8.66. The van der Waals surface area contributed by atoms with Gasteiger partial charge >= 0.3 is 0 Å². The summed E-state index contributed by atoms with van der Waals surface area (Å²) in [5, 5.41) is 7.73. The van der Waals surface area contributed by atoms with Crippen LogP contribution in [0.15, 0.2) is 12.4 Å². The number of hydrogen-bond acceptors (Lipinski definition) is 4. The Labute approximate surface area is 107 Å². The Morgan fingerprint density at radius 3 is 2.94 bits per heavy atom. The first-order valence-electron chi connectivity index (χ1n) is 6.58. The third kappa shape index (κ3) is 2.05.